The highest BCUT2D eigenvalue weighted by molar-refractivity contribution is 7.08. The van der Waals surface area contributed by atoms with Crippen molar-refractivity contribution in [3.63, 3.8) is 0 Å². The molecule has 32 heavy (non-hydrogen) atoms. The fourth-order valence-corrected chi connectivity index (χ4v) is 3.36. The molecule has 0 saturated carbocycles. The standard InChI is InChI=1S/C21H19F3N4O3S/c1-12(26-20(30)31-11-13-5-3-2-4-6-13)16-10-18(32-28-16)19(29)27-17-9-14(21(22,23)24)7-8-15(17)25/h2-10,12H,11,25H2,1H3,(H,26,30)(H,27,29)/t12-/m1/s1. The van der Waals surface area contributed by atoms with E-state index in [4.69, 9.17) is 10.5 Å². The number of halogens is 3. The van der Waals surface area contributed by atoms with Crippen LogP contribution < -0.4 is 16.4 Å². The van der Waals surface area contributed by atoms with Crippen LogP contribution in [0.3, 0.4) is 0 Å². The van der Waals surface area contributed by atoms with Gasteiger partial charge in [0.05, 0.1) is 28.7 Å². The number of nitrogens with zero attached hydrogens (tertiary/aromatic N) is 1. The van der Waals surface area contributed by atoms with Crippen LogP contribution >= 0.6 is 11.5 Å². The molecule has 2 aromatic carbocycles. The summed E-state index contributed by atoms with van der Waals surface area (Å²) in [6, 6.07) is 12.7. The Morgan fingerprint density at radius 1 is 1.16 bits per heavy atom. The van der Waals surface area contributed by atoms with Crippen molar-refractivity contribution in [1.82, 2.24) is 9.69 Å². The van der Waals surface area contributed by atoms with E-state index in [0.29, 0.717) is 5.69 Å². The second kappa shape index (κ2) is 9.69. The Morgan fingerprint density at radius 3 is 2.56 bits per heavy atom. The molecule has 0 radical (unpaired) electrons. The van der Waals surface area contributed by atoms with Crippen LogP contribution in [0.4, 0.5) is 29.3 Å². The zero-order valence-electron chi connectivity index (χ0n) is 16.8. The van der Waals surface area contributed by atoms with E-state index in [-0.39, 0.29) is 22.9 Å². The van der Waals surface area contributed by atoms with Crippen molar-refractivity contribution in [2.75, 3.05) is 11.1 Å². The van der Waals surface area contributed by atoms with Crippen LogP contribution in [0.1, 0.15) is 39.5 Å². The number of aromatic nitrogens is 1. The highest BCUT2D eigenvalue weighted by atomic mass is 32.1. The number of alkyl carbamates (subject to hydrolysis) is 1. The molecule has 0 aliphatic carbocycles. The average molecular weight is 464 g/mol. The van der Waals surface area contributed by atoms with Gasteiger partial charge in [0.2, 0.25) is 0 Å². The number of hydrogen-bond acceptors (Lipinski definition) is 6. The molecule has 3 rings (SSSR count). The third kappa shape index (κ3) is 5.97. The molecule has 2 amide bonds. The molecule has 0 saturated heterocycles. The quantitative estimate of drug-likeness (QED) is 0.446. The Labute approximate surface area is 185 Å². The second-order valence-corrected chi connectivity index (χ2v) is 7.60. The summed E-state index contributed by atoms with van der Waals surface area (Å²) in [5.74, 6) is -0.668. The van der Waals surface area contributed by atoms with Gasteiger partial charge in [-0.15, -0.1) is 0 Å². The molecule has 168 valence electrons. The summed E-state index contributed by atoms with van der Waals surface area (Å²) in [5.41, 5.74) is 5.81. The van der Waals surface area contributed by atoms with E-state index < -0.39 is 29.8 Å². The number of rotatable bonds is 6. The fraction of sp³-hybridized carbons (Fsp3) is 0.190. The lowest BCUT2D eigenvalue weighted by Crippen LogP contribution is -2.27. The predicted octanol–water partition coefficient (Wildman–Crippen LogP) is 4.98. The molecule has 0 spiro atoms. The van der Waals surface area contributed by atoms with Crippen molar-refractivity contribution in [3.8, 4) is 0 Å². The van der Waals surface area contributed by atoms with Gasteiger partial charge in [0, 0.05) is 0 Å². The number of hydrogen-bond donors (Lipinski definition) is 3. The van der Waals surface area contributed by atoms with Crippen LogP contribution in [0.2, 0.25) is 0 Å². The van der Waals surface area contributed by atoms with Gasteiger partial charge in [0.1, 0.15) is 11.5 Å². The molecule has 4 N–H and O–H groups in total. The Morgan fingerprint density at radius 2 is 1.88 bits per heavy atom. The van der Waals surface area contributed by atoms with E-state index in [1.54, 1.807) is 6.92 Å². The molecule has 0 aliphatic heterocycles. The number of carbonyl (C=O) groups excluding carboxylic acids is 2. The molecule has 3 aromatic rings. The van der Waals surface area contributed by atoms with Crippen LogP contribution in [0.25, 0.3) is 0 Å². The first-order valence-corrected chi connectivity index (χ1v) is 10.1. The first-order valence-electron chi connectivity index (χ1n) is 9.35. The molecule has 1 atom stereocenters. The van der Waals surface area contributed by atoms with Crippen molar-refractivity contribution in [2.45, 2.75) is 25.7 Å². The number of ether oxygens (including phenoxy) is 1. The number of nitrogen functional groups attached to an aromatic ring is 1. The van der Waals surface area contributed by atoms with E-state index in [1.807, 2.05) is 30.3 Å². The number of alkyl halides is 3. The minimum Gasteiger partial charge on any atom is -0.445 e. The Kier molecular flexibility index (Phi) is 6.98. The number of nitrogens with one attached hydrogen (secondary N) is 2. The summed E-state index contributed by atoms with van der Waals surface area (Å²) in [6.07, 6.45) is -5.22. The summed E-state index contributed by atoms with van der Waals surface area (Å²) in [6.45, 7) is 1.76. The number of nitrogens with two attached hydrogens (primary N) is 1. The molecule has 0 aliphatic rings. The topological polar surface area (TPSA) is 106 Å². The first-order chi connectivity index (χ1) is 15.1. The molecule has 0 unspecified atom stereocenters. The van der Waals surface area contributed by atoms with Gasteiger partial charge in [-0.1, -0.05) is 30.3 Å². The van der Waals surface area contributed by atoms with Crippen LogP contribution in [0, 0.1) is 0 Å². The molecule has 7 nitrogen and oxygen atoms in total. The van der Waals surface area contributed by atoms with Gasteiger partial charge in [-0.05, 0) is 48.3 Å². The molecule has 0 fully saturated rings. The van der Waals surface area contributed by atoms with Gasteiger partial charge >= 0.3 is 12.3 Å². The van der Waals surface area contributed by atoms with Crippen molar-refractivity contribution in [1.29, 1.82) is 0 Å². The van der Waals surface area contributed by atoms with Crippen molar-refractivity contribution < 1.29 is 27.5 Å². The van der Waals surface area contributed by atoms with Crippen LogP contribution in [-0.2, 0) is 17.5 Å². The van der Waals surface area contributed by atoms with Crippen molar-refractivity contribution in [2.24, 2.45) is 0 Å². The minimum absolute atomic E-state index is 0.00714. The highest BCUT2D eigenvalue weighted by Gasteiger charge is 2.31. The van der Waals surface area contributed by atoms with E-state index >= 15 is 0 Å². The van der Waals surface area contributed by atoms with Crippen LogP contribution in [0.15, 0.2) is 54.6 Å². The third-order valence-corrected chi connectivity index (χ3v) is 5.17. The monoisotopic (exact) mass is 464 g/mol. The molecular weight excluding hydrogens is 445 g/mol. The minimum atomic E-state index is -4.57. The van der Waals surface area contributed by atoms with Gasteiger partial charge in [0.25, 0.3) is 5.91 Å². The van der Waals surface area contributed by atoms with E-state index in [0.717, 1.165) is 35.3 Å². The number of anilines is 2. The summed E-state index contributed by atoms with van der Waals surface area (Å²) < 4.78 is 48.0. The van der Waals surface area contributed by atoms with Gasteiger partial charge in [-0.2, -0.15) is 17.5 Å². The molecule has 1 aromatic heterocycles. The van der Waals surface area contributed by atoms with E-state index in [9.17, 15) is 22.8 Å². The SMILES string of the molecule is C[C@@H](NC(=O)OCc1ccccc1)c1cc(C(=O)Nc2cc(C(F)(F)F)ccc2N)sn1. The maximum Gasteiger partial charge on any atom is 0.416 e. The lowest BCUT2D eigenvalue weighted by atomic mass is 10.1. The number of amides is 2. The smallest absolute Gasteiger partial charge is 0.416 e. The predicted molar refractivity (Wildman–Crippen MR) is 114 cm³/mol. The van der Waals surface area contributed by atoms with Gasteiger partial charge in [0.15, 0.2) is 0 Å². The summed E-state index contributed by atoms with van der Waals surface area (Å²) >= 11 is 0.841. The molecule has 11 heteroatoms. The van der Waals surface area contributed by atoms with Crippen LogP contribution in [0.5, 0.6) is 0 Å². The maximum absolute atomic E-state index is 12.9. The molecule has 1 heterocycles. The van der Waals surface area contributed by atoms with E-state index in [2.05, 4.69) is 15.0 Å². The number of carbonyl (C=O) groups is 2. The fourth-order valence-electron chi connectivity index (χ4n) is 2.64. The molecule has 0 bridgehead atoms. The first kappa shape index (κ1) is 23.1. The van der Waals surface area contributed by atoms with Gasteiger partial charge in [-0.3, -0.25) is 4.79 Å². The largest absolute Gasteiger partial charge is 0.445 e. The summed E-state index contributed by atoms with van der Waals surface area (Å²) in [7, 11) is 0. The average Bonchev–Trinajstić information content (AvgIpc) is 3.24. The lowest BCUT2D eigenvalue weighted by molar-refractivity contribution is -0.137. The third-order valence-electron chi connectivity index (χ3n) is 4.37. The van der Waals surface area contributed by atoms with E-state index in [1.165, 1.54) is 6.07 Å². The Balaban J connectivity index is 1.60. The van der Waals surface area contributed by atoms with Crippen molar-refractivity contribution in [3.05, 3.63) is 76.3 Å². The summed E-state index contributed by atoms with van der Waals surface area (Å²) in [4.78, 5) is 24.6. The number of benzene rings is 2. The normalized spacial score (nSPS) is 12.1. The lowest BCUT2D eigenvalue weighted by Gasteiger charge is -2.12. The highest BCUT2D eigenvalue weighted by Crippen LogP contribution is 2.33. The van der Waals surface area contributed by atoms with Crippen molar-refractivity contribution >= 4 is 34.9 Å². The zero-order chi connectivity index (χ0) is 23.3. The second-order valence-electron chi connectivity index (χ2n) is 6.80. The zero-order valence-corrected chi connectivity index (χ0v) is 17.6. The summed E-state index contributed by atoms with van der Waals surface area (Å²) in [5, 5.41) is 4.97. The maximum atomic E-state index is 12.9. The van der Waals surface area contributed by atoms with Gasteiger partial charge in [-0.25, -0.2) is 4.79 Å². The van der Waals surface area contributed by atoms with Gasteiger partial charge < -0.3 is 21.1 Å². The van der Waals surface area contributed by atoms with Crippen LogP contribution in [-0.4, -0.2) is 16.4 Å². The Hall–Kier alpha value is -3.60. The molecular formula is C21H19F3N4O3S. The Bertz CT molecular complexity index is 1100.